The lowest BCUT2D eigenvalue weighted by Gasteiger charge is -2.37. The molecule has 1 aliphatic heterocycles. The first-order chi connectivity index (χ1) is 9.15. The standard InChI is InChI=1S/C14H29N3O2.2ClH/c1-4-17(5-2)10-13(18)16-11-14(12-19-3)6-8-15-9-7-14;;/h15H,4-12H2,1-3H3,(H,16,18);2*1H. The molecule has 0 aromatic carbocycles. The fraction of sp³-hybridized carbons (Fsp3) is 0.929. The quantitative estimate of drug-likeness (QED) is 0.697. The summed E-state index contributed by atoms with van der Waals surface area (Å²) in [6.07, 6.45) is 2.12. The number of piperidine rings is 1. The van der Waals surface area contributed by atoms with Gasteiger partial charge in [-0.1, -0.05) is 13.8 Å². The van der Waals surface area contributed by atoms with Gasteiger partial charge in [-0.05, 0) is 39.0 Å². The molecule has 1 amide bonds. The van der Waals surface area contributed by atoms with Crippen LogP contribution in [0.3, 0.4) is 0 Å². The summed E-state index contributed by atoms with van der Waals surface area (Å²) in [5, 5.41) is 6.45. The van der Waals surface area contributed by atoms with Gasteiger partial charge in [-0.3, -0.25) is 9.69 Å². The summed E-state index contributed by atoms with van der Waals surface area (Å²) in [7, 11) is 1.74. The highest BCUT2D eigenvalue weighted by molar-refractivity contribution is 5.85. The molecule has 0 unspecified atom stereocenters. The molecule has 2 N–H and O–H groups in total. The van der Waals surface area contributed by atoms with Crippen molar-refractivity contribution >= 4 is 30.7 Å². The van der Waals surface area contributed by atoms with Crippen LogP contribution in [0.25, 0.3) is 0 Å². The molecule has 0 atom stereocenters. The minimum Gasteiger partial charge on any atom is -0.384 e. The molecule has 1 saturated heterocycles. The van der Waals surface area contributed by atoms with Crippen LogP contribution in [-0.2, 0) is 9.53 Å². The fourth-order valence-corrected chi connectivity index (χ4v) is 2.63. The third-order valence-electron chi connectivity index (χ3n) is 4.04. The maximum absolute atomic E-state index is 12.0. The number of hydrogen-bond acceptors (Lipinski definition) is 4. The second-order valence-corrected chi connectivity index (χ2v) is 5.42. The van der Waals surface area contributed by atoms with Crippen molar-refractivity contribution in [1.29, 1.82) is 0 Å². The maximum Gasteiger partial charge on any atom is 0.234 e. The van der Waals surface area contributed by atoms with Crippen LogP contribution in [0, 0.1) is 5.41 Å². The van der Waals surface area contributed by atoms with Crippen LogP contribution in [0.1, 0.15) is 26.7 Å². The summed E-state index contributed by atoms with van der Waals surface area (Å²) in [4.78, 5) is 14.1. The molecule has 128 valence electrons. The number of halogens is 2. The fourth-order valence-electron chi connectivity index (χ4n) is 2.63. The van der Waals surface area contributed by atoms with Crippen LogP contribution in [0.15, 0.2) is 0 Å². The van der Waals surface area contributed by atoms with Crippen molar-refractivity contribution in [3.8, 4) is 0 Å². The second kappa shape index (κ2) is 12.5. The summed E-state index contributed by atoms with van der Waals surface area (Å²) in [6.45, 7) is 9.95. The Morgan fingerprint density at radius 1 is 1.24 bits per heavy atom. The number of carbonyl (C=O) groups excluding carboxylic acids is 1. The average Bonchev–Trinajstić information content (AvgIpc) is 2.44. The molecule has 5 nitrogen and oxygen atoms in total. The smallest absolute Gasteiger partial charge is 0.234 e. The van der Waals surface area contributed by atoms with E-state index in [2.05, 4.69) is 29.4 Å². The summed E-state index contributed by atoms with van der Waals surface area (Å²) in [5.74, 6) is 0.123. The summed E-state index contributed by atoms with van der Waals surface area (Å²) < 4.78 is 5.35. The molecule has 21 heavy (non-hydrogen) atoms. The second-order valence-electron chi connectivity index (χ2n) is 5.42. The van der Waals surface area contributed by atoms with Crippen molar-refractivity contribution in [3.05, 3.63) is 0 Å². The zero-order chi connectivity index (χ0) is 14.1. The predicted octanol–water partition coefficient (Wildman–Crippen LogP) is 1.30. The van der Waals surface area contributed by atoms with Gasteiger partial charge in [0, 0.05) is 19.1 Å². The van der Waals surface area contributed by atoms with Crippen LogP contribution in [-0.4, -0.2) is 63.8 Å². The molecule has 7 heteroatoms. The van der Waals surface area contributed by atoms with Gasteiger partial charge in [0.15, 0.2) is 0 Å². The zero-order valence-corrected chi connectivity index (χ0v) is 15.1. The lowest BCUT2D eigenvalue weighted by Crippen LogP contribution is -2.48. The van der Waals surface area contributed by atoms with E-state index in [1.807, 2.05) is 0 Å². The molecular weight excluding hydrogens is 313 g/mol. The molecule has 0 radical (unpaired) electrons. The highest BCUT2D eigenvalue weighted by Gasteiger charge is 2.32. The van der Waals surface area contributed by atoms with Crippen LogP contribution < -0.4 is 10.6 Å². The lowest BCUT2D eigenvalue weighted by molar-refractivity contribution is -0.123. The first kappa shape index (κ1) is 23.2. The van der Waals surface area contributed by atoms with E-state index in [1.165, 1.54) is 0 Å². The average molecular weight is 344 g/mol. The van der Waals surface area contributed by atoms with Gasteiger partial charge in [0.25, 0.3) is 0 Å². The number of nitrogens with one attached hydrogen (secondary N) is 2. The van der Waals surface area contributed by atoms with Crippen molar-refractivity contribution < 1.29 is 9.53 Å². The number of hydrogen-bond donors (Lipinski definition) is 2. The number of nitrogens with zero attached hydrogens (tertiary/aromatic N) is 1. The zero-order valence-electron chi connectivity index (χ0n) is 13.4. The Labute approximate surface area is 141 Å². The molecule has 0 bridgehead atoms. The molecule has 0 aromatic rings. The largest absolute Gasteiger partial charge is 0.384 e. The maximum atomic E-state index is 12.0. The number of amides is 1. The van der Waals surface area contributed by atoms with E-state index in [4.69, 9.17) is 4.74 Å². The van der Waals surface area contributed by atoms with Gasteiger partial charge < -0.3 is 15.4 Å². The number of ether oxygens (including phenoxy) is 1. The minimum atomic E-state index is 0. The van der Waals surface area contributed by atoms with Gasteiger partial charge >= 0.3 is 0 Å². The van der Waals surface area contributed by atoms with Crippen LogP contribution in [0.2, 0.25) is 0 Å². The number of methoxy groups -OCH3 is 1. The monoisotopic (exact) mass is 343 g/mol. The summed E-state index contributed by atoms with van der Waals surface area (Å²) in [5.41, 5.74) is 0.110. The van der Waals surface area contributed by atoms with Gasteiger partial charge in [-0.25, -0.2) is 0 Å². The first-order valence-corrected chi connectivity index (χ1v) is 7.34. The minimum absolute atomic E-state index is 0. The third-order valence-corrected chi connectivity index (χ3v) is 4.04. The molecule has 1 rings (SSSR count). The van der Waals surface area contributed by atoms with E-state index < -0.39 is 0 Å². The van der Waals surface area contributed by atoms with Crippen LogP contribution in [0.5, 0.6) is 0 Å². The van der Waals surface area contributed by atoms with Crippen molar-refractivity contribution in [3.63, 3.8) is 0 Å². The van der Waals surface area contributed by atoms with Crippen molar-refractivity contribution in [2.75, 3.05) is 53.0 Å². The van der Waals surface area contributed by atoms with Crippen LogP contribution >= 0.6 is 24.8 Å². The van der Waals surface area contributed by atoms with Crippen LogP contribution in [0.4, 0.5) is 0 Å². The number of likely N-dealkylation sites (N-methyl/N-ethyl adjacent to an activating group) is 1. The molecule has 0 aliphatic carbocycles. The van der Waals surface area contributed by atoms with E-state index in [9.17, 15) is 4.79 Å². The summed E-state index contributed by atoms with van der Waals surface area (Å²) in [6, 6.07) is 0. The van der Waals surface area contributed by atoms with Gasteiger partial charge in [0.2, 0.25) is 5.91 Å². The Hall–Kier alpha value is -0.0700. The number of carbonyl (C=O) groups is 1. The molecule has 0 aromatic heterocycles. The first-order valence-electron chi connectivity index (χ1n) is 7.34. The predicted molar refractivity (Wildman–Crippen MR) is 91.7 cm³/mol. The van der Waals surface area contributed by atoms with Gasteiger partial charge in [-0.2, -0.15) is 0 Å². The SMILES string of the molecule is CCN(CC)CC(=O)NCC1(COC)CCNCC1.Cl.Cl. The Morgan fingerprint density at radius 2 is 1.81 bits per heavy atom. The molecule has 0 spiro atoms. The Balaban J connectivity index is 0. The lowest BCUT2D eigenvalue weighted by atomic mass is 9.79. The molecule has 1 heterocycles. The third kappa shape index (κ3) is 8.21. The number of rotatable bonds is 8. The molecule has 1 aliphatic rings. The molecular formula is C14H31Cl2N3O2. The normalized spacial score (nSPS) is 16.8. The van der Waals surface area contributed by atoms with Crippen molar-refractivity contribution in [1.82, 2.24) is 15.5 Å². The van der Waals surface area contributed by atoms with E-state index in [-0.39, 0.29) is 36.1 Å². The Kier molecular flexibility index (Phi) is 13.8. The molecule has 0 saturated carbocycles. The van der Waals surface area contributed by atoms with E-state index in [0.29, 0.717) is 6.54 Å². The van der Waals surface area contributed by atoms with Gasteiger partial charge in [-0.15, -0.1) is 24.8 Å². The Morgan fingerprint density at radius 3 is 2.29 bits per heavy atom. The molecule has 1 fully saturated rings. The summed E-state index contributed by atoms with van der Waals surface area (Å²) >= 11 is 0. The van der Waals surface area contributed by atoms with Gasteiger partial charge in [0.1, 0.15) is 0 Å². The van der Waals surface area contributed by atoms with Crippen molar-refractivity contribution in [2.24, 2.45) is 5.41 Å². The van der Waals surface area contributed by atoms with E-state index in [0.717, 1.165) is 52.2 Å². The van der Waals surface area contributed by atoms with Gasteiger partial charge in [0.05, 0.1) is 13.2 Å². The Bertz CT molecular complexity index is 265. The van der Waals surface area contributed by atoms with Crippen molar-refractivity contribution in [2.45, 2.75) is 26.7 Å². The van der Waals surface area contributed by atoms with E-state index in [1.54, 1.807) is 7.11 Å². The topological polar surface area (TPSA) is 53.6 Å². The highest BCUT2D eigenvalue weighted by Crippen LogP contribution is 2.28. The highest BCUT2D eigenvalue weighted by atomic mass is 35.5. The van der Waals surface area contributed by atoms with E-state index >= 15 is 0 Å².